The van der Waals surface area contributed by atoms with E-state index < -0.39 is 45.5 Å². The molecule has 0 bridgehead atoms. The quantitative estimate of drug-likeness (QED) is 0.296. The first-order valence-electron chi connectivity index (χ1n) is 7.72. The van der Waals surface area contributed by atoms with E-state index in [1.165, 1.54) is 24.3 Å². The molecule has 11 heteroatoms. The van der Waals surface area contributed by atoms with Gasteiger partial charge in [-0.1, -0.05) is 23.2 Å². The number of thiocarbonyl (C=S) groups is 1. The molecule has 0 radical (unpaired) electrons. The van der Waals surface area contributed by atoms with Gasteiger partial charge in [-0.15, -0.1) is 0 Å². The third-order valence-electron chi connectivity index (χ3n) is 3.87. The van der Waals surface area contributed by atoms with E-state index in [-0.39, 0.29) is 10.8 Å². The lowest BCUT2D eigenvalue weighted by Gasteiger charge is -2.29. The Kier molecular flexibility index (Phi) is 5.66. The van der Waals surface area contributed by atoms with Gasteiger partial charge >= 0.3 is 6.18 Å². The van der Waals surface area contributed by atoms with Gasteiger partial charge in [0.15, 0.2) is 5.11 Å². The predicted molar refractivity (Wildman–Crippen MR) is 104 cm³/mol. The lowest BCUT2D eigenvalue weighted by atomic mass is 10.0. The Bertz CT molecular complexity index is 1070. The molecule has 4 nitrogen and oxygen atoms in total. The van der Waals surface area contributed by atoms with Crippen molar-refractivity contribution in [3.05, 3.63) is 69.0 Å². The van der Waals surface area contributed by atoms with Crippen LogP contribution >= 0.6 is 35.4 Å². The molecule has 0 saturated carbocycles. The standard InChI is InChI=1S/C18H8Cl2F4N2O2S/c19-10-1-3-11(4-2-10)26-16(28)12(15(27)25-17(26)29)6-8-5-9(18(22,23)24)7-13(20)14(8)21/h1-7H,(H,25,27,29)/b12-6+. The Labute approximate surface area is 176 Å². The lowest BCUT2D eigenvalue weighted by molar-refractivity contribution is -0.137. The minimum atomic E-state index is -4.81. The number of alkyl halides is 3. The van der Waals surface area contributed by atoms with Crippen LogP contribution in [0.4, 0.5) is 23.2 Å². The summed E-state index contributed by atoms with van der Waals surface area (Å²) < 4.78 is 53.3. The van der Waals surface area contributed by atoms with Crippen LogP contribution in [0.15, 0.2) is 42.0 Å². The Morgan fingerprint density at radius 3 is 2.28 bits per heavy atom. The maximum absolute atomic E-state index is 14.3. The van der Waals surface area contributed by atoms with Crippen LogP contribution in [0.25, 0.3) is 6.08 Å². The van der Waals surface area contributed by atoms with Gasteiger partial charge < -0.3 is 0 Å². The summed E-state index contributed by atoms with van der Waals surface area (Å²) in [4.78, 5) is 26.0. The van der Waals surface area contributed by atoms with Gasteiger partial charge in [-0.25, -0.2) is 4.39 Å². The fraction of sp³-hybridized carbons (Fsp3) is 0.0556. The van der Waals surface area contributed by atoms with Gasteiger partial charge in [-0.2, -0.15) is 13.2 Å². The second kappa shape index (κ2) is 7.74. The second-order valence-electron chi connectivity index (χ2n) is 5.79. The highest BCUT2D eigenvalue weighted by Crippen LogP contribution is 2.34. The normalized spacial score (nSPS) is 16.4. The first-order chi connectivity index (χ1) is 13.5. The van der Waals surface area contributed by atoms with Gasteiger partial charge in [-0.3, -0.25) is 19.8 Å². The molecular weight excluding hydrogens is 455 g/mol. The van der Waals surface area contributed by atoms with Crippen LogP contribution in [0, 0.1) is 5.82 Å². The highest BCUT2D eigenvalue weighted by atomic mass is 35.5. The van der Waals surface area contributed by atoms with Crippen molar-refractivity contribution in [1.82, 2.24) is 5.32 Å². The predicted octanol–water partition coefficient (Wildman–Crippen LogP) is 4.98. The van der Waals surface area contributed by atoms with Gasteiger partial charge in [0, 0.05) is 10.6 Å². The van der Waals surface area contributed by atoms with Crippen LogP contribution in [-0.2, 0) is 15.8 Å². The minimum Gasteiger partial charge on any atom is -0.298 e. The molecule has 150 valence electrons. The first kappa shape index (κ1) is 21.2. The fourth-order valence-corrected chi connectivity index (χ4v) is 3.15. The lowest BCUT2D eigenvalue weighted by Crippen LogP contribution is -2.54. The topological polar surface area (TPSA) is 49.4 Å². The third-order valence-corrected chi connectivity index (χ3v) is 4.68. The highest BCUT2D eigenvalue weighted by molar-refractivity contribution is 7.80. The van der Waals surface area contributed by atoms with Crippen molar-refractivity contribution in [2.45, 2.75) is 6.18 Å². The van der Waals surface area contributed by atoms with Crippen LogP contribution in [-0.4, -0.2) is 16.9 Å². The smallest absolute Gasteiger partial charge is 0.298 e. The van der Waals surface area contributed by atoms with Crippen molar-refractivity contribution >= 4 is 64.1 Å². The van der Waals surface area contributed by atoms with E-state index in [4.69, 9.17) is 35.4 Å². The van der Waals surface area contributed by atoms with E-state index in [0.717, 1.165) is 4.90 Å². The van der Waals surface area contributed by atoms with E-state index in [1.807, 2.05) is 0 Å². The number of carbonyl (C=O) groups is 2. The van der Waals surface area contributed by atoms with E-state index in [1.54, 1.807) is 0 Å². The number of hydrogen-bond donors (Lipinski definition) is 1. The van der Waals surface area contributed by atoms with E-state index in [2.05, 4.69) is 5.32 Å². The zero-order valence-corrected chi connectivity index (χ0v) is 16.3. The maximum atomic E-state index is 14.3. The summed E-state index contributed by atoms with van der Waals surface area (Å²) in [6, 6.07) is 6.70. The molecule has 2 aromatic carbocycles. The Morgan fingerprint density at radius 1 is 1.07 bits per heavy atom. The first-order valence-corrected chi connectivity index (χ1v) is 8.88. The zero-order valence-electron chi connectivity index (χ0n) is 14.0. The molecule has 1 fully saturated rings. The number of carbonyl (C=O) groups excluding carboxylic acids is 2. The number of anilines is 1. The van der Waals surface area contributed by atoms with Gasteiger partial charge in [0.1, 0.15) is 11.4 Å². The van der Waals surface area contributed by atoms with Crippen molar-refractivity contribution in [2.24, 2.45) is 0 Å². The number of nitrogens with zero attached hydrogens (tertiary/aromatic N) is 1. The van der Waals surface area contributed by atoms with Gasteiger partial charge in [0.2, 0.25) is 0 Å². The number of nitrogens with one attached hydrogen (secondary N) is 1. The molecule has 0 aromatic heterocycles. The second-order valence-corrected chi connectivity index (χ2v) is 7.02. The summed E-state index contributed by atoms with van der Waals surface area (Å²) in [6.45, 7) is 0. The van der Waals surface area contributed by atoms with Crippen molar-refractivity contribution in [3.63, 3.8) is 0 Å². The monoisotopic (exact) mass is 462 g/mol. The number of amides is 2. The van der Waals surface area contributed by atoms with Crippen LogP contribution in [0.3, 0.4) is 0 Å². The molecule has 2 amide bonds. The van der Waals surface area contributed by atoms with Crippen molar-refractivity contribution in [2.75, 3.05) is 4.90 Å². The molecule has 3 rings (SSSR count). The Balaban J connectivity index is 2.10. The molecule has 0 unspecified atom stereocenters. The van der Waals surface area contributed by atoms with Crippen LogP contribution in [0.2, 0.25) is 10.0 Å². The van der Waals surface area contributed by atoms with Crippen molar-refractivity contribution in [3.8, 4) is 0 Å². The Hall–Kier alpha value is -2.49. The molecule has 1 saturated heterocycles. The largest absolute Gasteiger partial charge is 0.416 e. The summed E-state index contributed by atoms with van der Waals surface area (Å²) in [7, 11) is 0. The molecule has 2 aromatic rings. The zero-order chi connectivity index (χ0) is 21.5. The summed E-state index contributed by atoms with van der Waals surface area (Å²) >= 11 is 16.3. The van der Waals surface area contributed by atoms with E-state index in [0.29, 0.717) is 23.2 Å². The number of benzene rings is 2. The van der Waals surface area contributed by atoms with Gasteiger partial charge in [0.25, 0.3) is 11.8 Å². The van der Waals surface area contributed by atoms with Crippen molar-refractivity contribution in [1.29, 1.82) is 0 Å². The molecule has 1 aliphatic rings. The maximum Gasteiger partial charge on any atom is 0.416 e. The summed E-state index contributed by atoms with van der Waals surface area (Å²) in [5.41, 5.74) is -2.28. The van der Waals surface area contributed by atoms with Crippen LogP contribution in [0.1, 0.15) is 11.1 Å². The number of rotatable bonds is 2. The molecular formula is C18H8Cl2F4N2O2S. The van der Waals surface area contributed by atoms with Crippen LogP contribution in [0.5, 0.6) is 0 Å². The molecule has 1 aliphatic heterocycles. The van der Waals surface area contributed by atoms with Crippen LogP contribution < -0.4 is 10.2 Å². The number of hydrogen-bond acceptors (Lipinski definition) is 3. The Morgan fingerprint density at radius 2 is 1.69 bits per heavy atom. The van der Waals surface area contributed by atoms with E-state index in [9.17, 15) is 27.2 Å². The van der Waals surface area contributed by atoms with Gasteiger partial charge in [-0.05, 0) is 54.7 Å². The van der Waals surface area contributed by atoms with Crippen molar-refractivity contribution < 1.29 is 27.2 Å². The summed E-state index contributed by atoms with van der Waals surface area (Å²) in [5.74, 6) is -3.15. The molecule has 1 N–H and O–H groups in total. The van der Waals surface area contributed by atoms with Gasteiger partial charge in [0.05, 0.1) is 16.3 Å². The summed E-state index contributed by atoms with van der Waals surface area (Å²) in [5, 5.41) is 1.57. The minimum absolute atomic E-state index is 0.248. The third kappa shape index (κ3) is 4.26. The fourth-order valence-electron chi connectivity index (χ4n) is 2.52. The molecule has 0 aliphatic carbocycles. The molecule has 1 heterocycles. The number of halogens is 6. The average molecular weight is 463 g/mol. The molecule has 0 spiro atoms. The average Bonchev–Trinajstić information content (AvgIpc) is 2.62. The highest BCUT2D eigenvalue weighted by Gasteiger charge is 2.36. The van der Waals surface area contributed by atoms with E-state index >= 15 is 0 Å². The molecule has 0 atom stereocenters. The summed E-state index contributed by atoms with van der Waals surface area (Å²) in [6.07, 6.45) is -4.11. The molecule has 29 heavy (non-hydrogen) atoms. The SMILES string of the molecule is O=C1NC(=S)N(c2ccc(Cl)cc2)C(=O)/C1=C/c1cc(C(F)(F)F)cc(Cl)c1F.